The molecule has 1 aliphatic heterocycles. The highest BCUT2D eigenvalue weighted by molar-refractivity contribution is 7.13. The Morgan fingerprint density at radius 2 is 2.30 bits per heavy atom. The number of aromatic nitrogens is 2. The first kappa shape index (κ1) is 19.3. The van der Waals surface area contributed by atoms with Gasteiger partial charge in [0, 0.05) is 24.7 Å². The number of thiazole rings is 1. The number of nitrogens with one attached hydrogen (secondary N) is 1. The number of carbonyl (C=O) groups excluding carboxylic acids is 2. The highest BCUT2D eigenvalue weighted by Gasteiger charge is 2.29. The number of anilines is 2. The number of piperidine rings is 1. The zero-order chi connectivity index (χ0) is 19.2. The summed E-state index contributed by atoms with van der Waals surface area (Å²) in [5.74, 6) is 0.300. The second-order valence-electron chi connectivity index (χ2n) is 6.60. The first-order valence-electron chi connectivity index (χ1n) is 9.13. The van der Waals surface area contributed by atoms with Crippen LogP contribution in [0.5, 0.6) is 0 Å². The molecule has 7 nitrogen and oxygen atoms in total. The largest absolute Gasteiger partial charge is 0.466 e. The molecule has 3 heterocycles. The number of amides is 1. The van der Waals surface area contributed by atoms with Crippen LogP contribution in [0.25, 0.3) is 0 Å². The van der Waals surface area contributed by atoms with Crippen LogP contribution in [0.2, 0.25) is 0 Å². The van der Waals surface area contributed by atoms with Gasteiger partial charge in [0.2, 0.25) is 5.91 Å². The predicted molar refractivity (Wildman–Crippen MR) is 104 cm³/mol. The van der Waals surface area contributed by atoms with Crippen molar-refractivity contribution in [2.75, 3.05) is 25.0 Å². The first-order chi connectivity index (χ1) is 13.0. The third-order valence-corrected chi connectivity index (χ3v) is 5.24. The van der Waals surface area contributed by atoms with Gasteiger partial charge < -0.3 is 15.0 Å². The number of nitrogens with zero attached hydrogens (tertiary/aromatic N) is 3. The van der Waals surface area contributed by atoms with E-state index in [9.17, 15) is 9.59 Å². The molecule has 0 spiro atoms. The van der Waals surface area contributed by atoms with Crippen LogP contribution in [0, 0.1) is 12.8 Å². The molecule has 0 saturated carbocycles. The summed E-state index contributed by atoms with van der Waals surface area (Å²) in [6, 6.07) is 3.87. The second-order valence-corrected chi connectivity index (χ2v) is 7.45. The van der Waals surface area contributed by atoms with Gasteiger partial charge in [0.1, 0.15) is 5.82 Å². The molecule has 1 saturated heterocycles. The van der Waals surface area contributed by atoms with Gasteiger partial charge in [0.05, 0.1) is 24.6 Å². The number of aryl methyl sites for hydroxylation is 1. The molecule has 8 heteroatoms. The third-order valence-electron chi connectivity index (χ3n) is 4.43. The Hall–Kier alpha value is -2.48. The van der Waals surface area contributed by atoms with Crippen molar-refractivity contribution in [1.82, 2.24) is 14.9 Å². The van der Waals surface area contributed by atoms with Crippen LogP contribution in [0.3, 0.4) is 0 Å². The Kier molecular flexibility index (Phi) is 6.39. The third kappa shape index (κ3) is 5.26. The molecule has 0 bridgehead atoms. The number of pyridine rings is 1. The van der Waals surface area contributed by atoms with Gasteiger partial charge in [-0.2, -0.15) is 0 Å². The first-order valence-corrected chi connectivity index (χ1v) is 10.0. The maximum atomic E-state index is 12.6. The molecular weight excluding hydrogens is 364 g/mol. The molecule has 3 rings (SSSR count). The molecule has 1 fully saturated rings. The average molecular weight is 388 g/mol. The molecule has 1 aliphatic rings. The summed E-state index contributed by atoms with van der Waals surface area (Å²) in [7, 11) is 0. The maximum absolute atomic E-state index is 12.6. The van der Waals surface area contributed by atoms with Crippen molar-refractivity contribution < 1.29 is 14.3 Å². The van der Waals surface area contributed by atoms with Gasteiger partial charge in [-0.3, -0.25) is 9.59 Å². The van der Waals surface area contributed by atoms with E-state index in [1.165, 1.54) is 11.3 Å². The SMILES string of the molecule is CCOC(=O)C1CCCN(C(=O)Cc2csc(Nc3cc(C)ccn3)n2)C1. The Labute approximate surface area is 162 Å². The van der Waals surface area contributed by atoms with Crippen LogP contribution in [-0.2, 0) is 20.7 Å². The van der Waals surface area contributed by atoms with Crippen LogP contribution < -0.4 is 5.32 Å². The number of esters is 1. The van der Waals surface area contributed by atoms with E-state index in [0.29, 0.717) is 24.8 Å². The number of likely N-dealkylation sites (tertiary alicyclic amines) is 1. The van der Waals surface area contributed by atoms with Gasteiger partial charge >= 0.3 is 5.97 Å². The monoisotopic (exact) mass is 388 g/mol. The number of hydrogen-bond donors (Lipinski definition) is 1. The van der Waals surface area contributed by atoms with Crippen LogP contribution in [0.1, 0.15) is 31.0 Å². The van der Waals surface area contributed by atoms with Crippen molar-refractivity contribution in [2.45, 2.75) is 33.1 Å². The topological polar surface area (TPSA) is 84.4 Å². The lowest BCUT2D eigenvalue weighted by Gasteiger charge is -2.31. The predicted octanol–water partition coefficient (Wildman–Crippen LogP) is 2.93. The van der Waals surface area contributed by atoms with Crippen molar-refractivity contribution in [1.29, 1.82) is 0 Å². The molecule has 0 aliphatic carbocycles. The fourth-order valence-electron chi connectivity index (χ4n) is 3.08. The van der Waals surface area contributed by atoms with Gasteiger partial charge in [0.25, 0.3) is 0 Å². The lowest BCUT2D eigenvalue weighted by Crippen LogP contribution is -2.43. The summed E-state index contributed by atoms with van der Waals surface area (Å²) in [5.41, 5.74) is 1.83. The highest BCUT2D eigenvalue weighted by atomic mass is 32.1. The maximum Gasteiger partial charge on any atom is 0.310 e. The molecule has 2 aromatic rings. The standard InChI is InChI=1S/C19H24N4O3S/c1-3-26-18(25)14-5-4-8-23(11-14)17(24)10-15-12-27-19(21-15)22-16-9-13(2)6-7-20-16/h6-7,9,12,14H,3-5,8,10-11H2,1-2H3,(H,20,21,22). The van der Waals surface area contributed by atoms with Crippen LogP contribution in [-0.4, -0.2) is 46.4 Å². The zero-order valence-corrected chi connectivity index (χ0v) is 16.4. The van der Waals surface area contributed by atoms with Crippen molar-refractivity contribution in [3.63, 3.8) is 0 Å². The van der Waals surface area contributed by atoms with Gasteiger partial charge in [-0.15, -0.1) is 11.3 Å². The molecule has 0 radical (unpaired) electrons. The van der Waals surface area contributed by atoms with Crippen molar-refractivity contribution in [3.8, 4) is 0 Å². The fraction of sp³-hybridized carbons (Fsp3) is 0.474. The zero-order valence-electron chi connectivity index (χ0n) is 15.6. The van der Waals surface area contributed by atoms with E-state index in [2.05, 4.69) is 15.3 Å². The Morgan fingerprint density at radius 1 is 1.44 bits per heavy atom. The minimum absolute atomic E-state index is 0.00507. The molecule has 1 unspecified atom stereocenters. The van der Waals surface area contributed by atoms with Crippen LogP contribution >= 0.6 is 11.3 Å². The molecule has 27 heavy (non-hydrogen) atoms. The molecule has 1 N–H and O–H groups in total. The summed E-state index contributed by atoms with van der Waals surface area (Å²) in [6.45, 7) is 5.27. The normalized spacial score (nSPS) is 16.8. The number of ether oxygens (including phenoxy) is 1. The van der Waals surface area contributed by atoms with Gasteiger partial charge in [-0.1, -0.05) is 0 Å². The smallest absolute Gasteiger partial charge is 0.310 e. The van der Waals surface area contributed by atoms with E-state index in [1.54, 1.807) is 18.0 Å². The summed E-state index contributed by atoms with van der Waals surface area (Å²) < 4.78 is 5.09. The number of rotatable bonds is 6. The van der Waals surface area contributed by atoms with Crippen LogP contribution in [0.15, 0.2) is 23.7 Å². The van der Waals surface area contributed by atoms with Gasteiger partial charge in [0.15, 0.2) is 5.13 Å². The van der Waals surface area contributed by atoms with E-state index < -0.39 is 0 Å². The molecule has 1 amide bonds. The number of carbonyl (C=O) groups is 2. The van der Waals surface area contributed by atoms with E-state index >= 15 is 0 Å². The van der Waals surface area contributed by atoms with Gasteiger partial charge in [-0.05, 0) is 44.4 Å². The average Bonchev–Trinajstić information content (AvgIpc) is 3.09. The molecule has 0 aromatic carbocycles. The molecule has 2 aromatic heterocycles. The van der Waals surface area contributed by atoms with Crippen LogP contribution in [0.4, 0.5) is 10.9 Å². The quantitative estimate of drug-likeness (QED) is 0.766. The Balaban J connectivity index is 1.56. The van der Waals surface area contributed by atoms with Crippen molar-refractivity contribution in [3.05, 3.63) is 35.0 Å². The second kappa shape index (κ2) is 8.94. The van der Waals surface area contributed by atoms with E-state index in [-0.39, 0.29) is 24.2 Å². The van der Waals surface area contributed by atoms with E-state index in [1.807, 2.05) is 24.4 Å². The molecule has 1 atom stereocenters. The fourth-order valence-corrected chi connectivity index (χ4v) is 3.80. The summed E-state index contributed by atoms with van der Waals surface area (Å²) in [6.07, 6.45) is 3.57. The highest BCUT2D eigenvalue weighted by Crippen LogP contribution is 2.22. The summed E-state index contributed by atoms with van der Waals surface area (Å²) in [4.78, 5) is 35.0. The van der Waals surface area contributed by atoms with Gasteiger partial charge in [-0.25, -0.2) is 9.97 Å². The lowest BCUT2D eigenvalue weighted by atomic mass is 9.98. The lowest BCUT2D eigenvalue weighted by molar-refractivity contribution is -0.151. The Bertz CT molecular complexity index is 808. The molecule has 144 valence electrons. The summed E-state index contributed by atoms with van der Waals surface area (Å²) >= 11 is 1.44. The van der Waals surface area contributed by atoms with Crippen molar-refractivity contribution in [2.24, 2.45) is 5.92 Å². The van der Waals surface area contributed by atoms with Crippen molar-refractivity contribution >= 4 is 34.2 Å². The van der Waals surface area contributed by atoms with E-state index in [4.69, 9.17) is 4.74 Å². The number of hydrogen-bond acceptors (Lipinski definition) is 7. The minimum Gasteiger partial charge on any atom is -0.466 e. The Morgan fingerprint density at radius 3 is 3.07 bits per heavy atom. The van der Waals surface area contributed by atoms with E-state index in [0.717, 1.165) is 29.9 Å². The minimum atomic E-state index is -0.220. The summed E-state index contributed by atoms with van der Waals surface area (Å²) in [5, 5.41) is 5.75. The molecular formula is C19H24N4O3S.